The fraction of sp³-hybridized carbons (Fsp3) is 0.700. The molecule has 0 radical (unpaired) electrons. The first kappa shape index (κ1) is 11.1. The van der Waals surface area contributed by atoms with Gasteiger partial charge in [-0.3, -0.25) is 4.79 Å². The fourth-order valence-corrected chi connectivity index (χ4v) is 1.79. The summed E-state index contributed by atoms with van der Waals surface area (Å²) in [6.45, 7) is 1.27. The zero-order chi connectivity index (χ0) is 11.5. The number of hydrogen-bond acceptors (Lipinski definition) is 4. The molecule has 0 bridgehead atoms. The molecule has 6 heteroatoms. The van der Waals surface area contributed by atoms with Gasteiger partial charge >= 0.3 is 0 Å². The molecule has 1 fully saturated rings. The molecule has 0 atom stereocenters. The Morgan fingerprint density at radius 2 is 2.38 bits per heavy atom. The molecular formula is C10H16N4O2. The number of aromatic nitrogens is 3. The summed E-state index contributed by atoms with van der Waals surface area (Å²) in [5.74, 6) is 0.141. The van der Waals surface area contributed by atoms with Crippen LogP contribution in [-0.2, 0) is 22.5 Å². The van der Waals surface area contributed by atoms with Gasteiger partial charge in [0.25, 0.3) is 0 Å². The highest BCUT2D eigenvalue weighted by Gasteiger charge is 2.31. The van der Waals surface area contributed by atoms with E-state index >= 15 is 0 Å². The monoisotopic (exact) mass is 224 g/mol. The Bertz CT molecular complexity index is 384. The van der Waals surface area contributed by atoms with Gasteiger partial charge in [0.15, 0.2) is 0 Å². The molecule has 88 valence electrons. The van der Waals surface area contributed by atoms with Crippen molar-refractivity contribution in [3.63, 3.8) is 0 Å². The zero-order valence-electron chi connectivity index (χ0n) is 9.35. The molecule has 1 heterocycles. The van der Waals surface area contributed by atoms with Crippen molar-refractivity contribution in [1.82, 2.24) is 15.0 Å². The van der Waals surface area contributed by atoms with Crippen molar-refractivity contribution in [2.75, 3.05) is 13.7 Å². The van der Waals surface area contributed by atoms with Gasteiger partial charge in [0.2, 0.25) is 5.91 Å². The number of ether oxygens (including phenoxy) is 1. The SMILES string of the molecule is COCCn1nnc(CC(N)=O)c1C1CC1. The second kappa shape index (κ2) is 4.61. The maximum absolute atomic E-state index is 10.9. The molecule has 0 unspecified atom stereocenters. The first-order valence-corrected chi connectivity index (χ1v) is 5.42. The largest absolute Gasteiger partial charge is 0.383 e. The summed E-state index contributed by atoms with van der Waals surface area (Å²) in [6.07, 6.45) is 2.47. The smallest absolute Gasteiger partial charge is 0.223 e. The molecular weight excluding hydrogens is 208 g/mol. The second-order valence-electron chi connectivity index (χ2n) is 4.05. The number of hydrogen-bond donors (Lipinski definition) is 1. The number of nitrogens with two attached hydrogens (primary N) is 1. The minimum atomic E-state index is -0.360. The van der Waals surface area contributed by atoms with Crippen LogP contribution in [0.1, 0.15) is 30.1 Å². The van der Waals surface area contributed by atoms with E-state index in [0.717, 1.165) is 24.2 Å². The Morgan fingerprint density at radius 1 is 1.62 bits per heavy atom. The van der Waals surface area contributed by atoms with Gasteiger partial charge in [0.05, 0.1) is 31.0 Å². The van der Waals surface area contributed by atoms with E-state index in [1.807, 2.05) is 4.68 Å². The molecule has 1 aliphatic rings. The maximum atomic E-state index is 10.9. The van der Waals surface area contributed by atoms with Crippen LogP contribution in [0, 0.1) is 0 Å². The molecule has 0 aromatic carbocycles. The molecule has 16 heavy (non-hydrogen) atoms. The summed E-state index contributed by atoms with van der Waals surface area (Å²) < 4.78 is 6.84. The highest BCUT2D eigenvalue weighted by Crippen LogP contribution is 2.41. The van der Waals surface area contributed by atoms with Crippen molar-refractivity contribution >= 4 is 5.91 Å². The van der Waals surface area contributed by atoms with Gasteiger partial charge < -0.3 is 10.5 Å². The summed E-state index contributed by atoms with van der Waals surface area (Å²) in [7, 11) is 1.65. The fourth-order valence-electron chi connectivity index (χ4n) is 1.79. The van der Waals surface area contributed by atoms with Crippen molar-refractivity contribution in [3.8, 4) is 0 Å². The van der Waals surface area contributed by atoms with E-state index in [-0.39, 0.29) is 12.3 Å². The molecule has 1 aromatic heterocycles. The van der Waals surface area contributed by atoms with Gasteiger partial charge in [-0.15, -0.1) is 5.10 Å². The van der Waals surface area contributed by atoms with Gasteiger partial charge in [0, 0.05) is 13.0 Å². The Labute approximate surface area is 93.8 Å². The van der Waals surface area contributed by atoms with Crippen LogP contribution in [0.15, 0.2) is 0 Å². The number of carbonyl (C=O) groups is 1. The molecule has 2 N–H and O–H groups in total. The van der Waals surface area contributed by atoms with E-state index in [4.69, 9.17) is 10.5 Å². The van der Waals surface area contributed by atoms with Crippen LogP contribution < -0.4 is 5.73 Å². The highest BCUT2D eigenvalue weighted by atomic mass is 16.5. The predicted octanol–water partition coefficient (Wildman–Crippen LogP) is -0.170. The van der Waals surface area contributed by atoms with Crippen LogP contribution in [-0.4, -0.2) is 34.6 Å². The van der Waals surface area contributed by atoms with Crippen molar-refractivity contribution in [2.24, 2.45) is 5.73 Å². The third-order valence-electron chi connectivity index (χ3n) is 2.66. The number of methoxy groups -OCH3 is 1. The standard InChI is InChI=1S/C10H16N4O2/c1-16-5-4-14-10(7-2-3-7)8(12-13-14)6-9(11)15/h7H,2-6H2,1H3,(H2,11,15). The minimum absolute atomic E-state index is 0.179. The zero-order valence-corrected chi connectivity index (χ0v) is 9.35. The number of primary amides is 1. The van der Waals surface area contributed by atoms with Gasteiger partial charge in [-0.1, -0.05) is 5.21 Å². The molecule has 0 saturated heterocycles. The van der Waals surface area contributed by atoms with Crippen molar-refractivity contribution in [2.45, 2.75) is 31.7 Å². The van der Waals surface area contributed by atoms with Crippen LogP contribution in [0.25, 0.3) is 0 Å². The second-order valence-corrected chi connectivity index (χ2v) is 4.05. The lowest BCUT2D eigenvalue weighted by Crippen LogP contribution is -2.16. The summed E-state index contributed by atoms with van der Waals surface area (Å²) in [5, 5.41) is 8.07. The van der Waals surface area contributed by atoms with Gasteiger partial charge in [-0.25, -0.2) is 4.68 Å². The van der Waals surface area contributed by atoms with E-state index in [9.17, 15) is 4.79 Å². The molecule has 1 aromatic rings. The minimum Gasteiger partial charge on any atom is -0.383 e. The Kier molecular flexibility index (Phi) is 3.19. The lowest BCUT2D eigenvalue weighted by Gasteiger charge is -2.05. The molecule has 0 aliphatic heterocycles. The lowest BCUT2D eigenvalue weighted by molar-refractivity contribution is -0.117. The highest BCUT2D eigenvalue weighted by molar-refractivity contribution is 5.76. The average Bonchev–Trinajstić information content (AvgIpc) is 2.99. The topological polar surface area (TPSA) is 83.0 Å². The number of nitrogens with zero attached hydrogens (tertiary/aromatic N) is 3. The van der Waals surface area contributed by atoms with Crippen molar-refractivity contribution < 1.29 is 9.53 Å². The van der Waals surface area contributed by atoms with E-state index in [0.29, 0.717) is 19.1 Å². The molecule has 1 saturated carbocycles. The third kappa shape index (κ3) is 2.38. The quantitative estimate of drug-likeness (QED) is 0.727. The summed E-state index contributed by atoms with van der Waals surface area (Å²) in [6, 6.07) is 0. The van der Waals surface area contributed by atoms with Crippen LogP contribution in [0.3, 0.4) is 0 Å². The summed E-state index contributed by atoms with van der Waals surface area (Å²) >= 11 is 0. The van der Waals surface area contributed by atoms with Crippen LogP contribution in [0.5, 0.6) is 0 Å². The predicted molar refractivity (Wildman–Crippen MR) is 56.8 cm³/mol. The third-order valence-corrected chi connectivity index (χ3v) is 2.66. The maximum Gasteiger partial charge on any atom is 0.223 e. The summed E-state index contributed by atoms with van der Waals surface area (Å²) in [5.41, 5.74) is 6.98. The summed E-state index contributed by atoms with van der Waals surface area (Å²) in [4.78, 5) is 10.9. The Morgan fingerprint density at radius 3 is 2.94 bits per heavy atom. The molecule has 2 rings (SSSR count). The van der Waals surface area contributed by atoms with Gasteiger partial charge in [-0.2, -0.15) is 0 Å². The molecule has 0 spiro atoms. The van der Waals surface area contributed by atoms with Crippen molar-refractivity contribution in [1.29, 1.82) is 0 Å². The van der Waals surface area contributed by atoms with Gasteiger partial charge in [-0.05, 0) is 12.8 Å². The molecule has 6 nitrogen and oxygen atoms in total. The normalized spacial score (nSPS) is 15.3. The molecule has 1 aliphatic carbocycles. The number of carbonyl (C=O) groups excluding carboxylic acids is 1. The number of amides is 1. The van der Waals surface area contributed by atoms with Gasteiger partial charge in [0.1, 0.15) is 0 Å². The van der Waals surface area contributed by atoms with Crippen LogP contribution in [0.2, 0.25) is 0 Å². The molecule has 1 amide bonds. The van der Waals surface area contributed by atoms with E-state index in [1.165, 1.54) is 0 Å². The first-order valence-electron chi connectivity index (χ1n) is 5.42. The Hall–Kier alpha value is -1.43. The van der Waals surface area contributed by atoms with Crippen LogP contribution >= 0.6 is 0 Å². The Balaban J connectivity index is 2.17. The number of rotatable bonds is 6. The lowest BCUT2D eigenvalue weighted by atomic mass is 10.2. The van der Waals surface area contributed by atoms with E-state index in [2.05, 4.69) is 10.3 Å². The van der Waals surface area contributed by atoms with E-state index < -0.39 is 0 Å². The van der Waals surface area contributed by atoms with E-state index in [1.54, 1.807) is 7.11 Å². The first-order chi connectivity index (χ1) is 7.72. The average molecular weight is 224 g/mol. The van der Waals surface area contributed by atoms with Crippen molar-refractivity contribution in [3.05, 3.63) is 11.4 Å². The van der Waals surface area contributed by atoms with Crippen LogP contribution in [0.4, 0.5) is 0 Å².